The molecule has 0 radical (unpaired) electrons. The molecule has 4 aliphatic rings. The normalized spacial score (nSPS) is 67.9. The second-order valence-electron chi connectivity index (χ2n) is 5.10. The van der Waals surface area contributed by atoms with Crippen molar-refractivity contribution < 1.29 is 9.84 Å². The Bertz CT molecular complexity index is 316. The van der Waals surface area contributed by atoms with Crippen molar-refractivity contribution in [1.29, 1.82) is 0 Å². The van der Waals surface area contributed by atoms with Gasteiger partial charge in [0.05, 0.1) is 18.3 Å². The lowest BCUT2D eigenvalue weighted by Gasteiger charge is -2.35. The van der Waals surface area contributed by atoms with Crippen LogP contribution in [0.15, 0.2) is 12.2 Å². The molecule has 1 N–H and O–H groups in total. The van der Waals surface area contributed by atoms with Gasteiger partial charge in [-0.15, -0.1) is 0 Å². The lowest BCUT2D eigenvalue weighted by atomic mass is 9.72. The van der Waals surface area contributed by atoms with E-state index in [2.05, 4.69) is 28.7 Å². The zero-order chi connectivity index (χ0) is 9.45. The summed E-state index contributed by atoms with van der Waals surface area (Å²) in [5.74, 6) is 2.59. The van der Waals surface area contributed by atoms with E-state index in [1.165, 1.54) is 6.42 Å². The van der Waals surface area contributed by atoms with E-state index in [0.29, 0.717) is 33.9 Å². The Morgan fingerprint density at radius 3 is 2.93 bits per heavy atom. The molecule has 0 aromatic rings. The number of hydrogen-bond acceptors (Lipinski definition) is 2. The summed E-state index contributed by atoms with van der Waals surface area (Å²) in [6, 6.07) is 0. The first kappa shape index (κ1) is 8.53. The summed E-state index contributed by atoms with van der Waals surface area (Å²) in [6.07, 6.45) is 5.95. The maximum absolute atomic E-state index is 10.0. The number of aliphatic hydroxyl groups is 1. The van der Waals surface area contributed by atoms with Crippen LogP contribution in [0.1, 0.15) is 6.42 Å². The van der Waals surface area contributed by atoms with Crippen molar-refractivity contribution in [1.82, 2.24) is 0 Å². The molecule has 1 saturated heterocycles. The van der Waals surface area contributed by atoms with Gasteiger partial charge in [0.1, 0.15) is 0 Å². The summed E-state index contributed by atoms with van der Waals surface area (Å²) in [6.45, 7) is 0. The minimum absolute atomic E-state index is 0.203. The monoisotopic (exact) mass is 304 g/mol. The third kappa shape index (κ3) is 0.780. The molecular formula is C11H13IO2. The Morgan fingerprint density at radius 1 is 1.21 bits per heavy atom. The zero-order valence-corrected chi connectivity index (χ0v) is 9.87. The molecule has 8 atom stereocenters. The quantitative estimate of drug-likeness (QED) is 0.416. The Kier molecular flexibility index (Phi) is 1.55. The van der Waals surface area contributed by atoms with Crippen LogP contribution in [0.5, 0.6) is 0 Å². The predicted molar refractivity (Wildman–Crippen MR) is 60.2 cm³/mol. The second kappa shape index (κ2) is 2.55. The van der Waals surface area contributed by atoms with Gasteiger partial charge in [-0.25, -0.2) is 0 Å². The third-order valence-electron chi connectivity index (χ3n) is 4.71. The Labute approximate surface area is 96.8 Å². The second-order valence-corrected chi connectivity index (χ2v) is 6.54. The van der Waals surface area contributed by atoms with Crippen LogP contribution in [0, 0.1) is 23.7 Å². The van der Waals surface area contributed by atoms with Crippen molar-refractivity contribution in [3.05, 3.63) is 12.2 Å². The fourth-order valence-corrected chi connectivity index (χ4v) is 5.77. The van der Waals surface area contributed by atoms with Gasteiger partial charge in [0, 0.05) is 3.92 Å². The molecule has 2 saturated carbocycles. The number of hydrogen-bond donors (Lipinski definition) is 1. The fraction of sp³-hybridized carbons (Fsp3) is 0.818. The molecule has 3 heteroatoms. The first-order valence-electron chi connectivity index (χ1n) is 5.43. The highest BCUT2D eigenvalue weighted by atomic mass is 127. The SMILES string of the molecule is O[C@H]1C=CC2OC3C(I)C4CC3C2C41. The van der Waals surface area contributed by atoms with E-state index < -0.39 is 0 Å². The molecule has 2 nitrogen and oxygen atoms in total. The molecule has 1 heterocycles. The Hall–Kier alpha value is 0.390. The number of alkyl halides is 1. The minimum Gasteiger partial charge on any atom is -0.389 e. The summed E-state index contributed by atoms with van der Waals surface area (Å²) in [4.78, 5) is 0. The third-order valence-corrected chi connectivity index (χ3v) is 6.34. The minimum atomic E-state index is -0.203. The molecule has 0 spiro atoms. The summed E-state index contributed by atoms with van der Waals surface area (Å²) in [5.41, 5.74) is 0. The van der Waals surface area contributed by atoms with E-state index in [1.807, 2.05) is 6.08 Å². The molecule has 14 heavy (non-hydrogen) atoms. The Morgan fingerprint density at radius 2 is 2.07 bits per heavy atom. The summed E-state index contributed by atoms with van der Waals surface area (Å²) >= 11 is 2.54. The standard InChI is InChI=1S/C11H13IO2/c12-10-4-3-5-9-7(14-11(5)10)2-1-6(13)8(4)9/h1-2,4-11,13H,3H2/t4?,5?,6-,7?,8?,9?,10?,11?/m0/s1. The number of rotatable bonds is 0. The molecule has 1 aliphatic heterocycles. The maximum Gasteiger partial charge on any atom is 0.0796 e. The largest absolute Gasteiger partial charge is 0.389 e. The first-order chi connectivity index (χ1) is 6.77. The molecule has 3 fully saturated rings. The molecular weight excluding hydrogens is 291 g/mol. The van der Waals surface area contributed by atoms with Crippen LogP contribution in [-0.2, 0) is 4.74 Å². The maximum atomic E-state index is 10.0. The van der Waals surface area contributed by atoms with E-state index >= 15 is 0 Å². The van der Waals surface area contributed by atoms with Crippen LogP contribution >= 0.6 is 22.6 Å². The molecule has 7 unspecified atom stereocenters. The van der Waals surface area contributed by atoms with E-state index in [-0.39, 0.29) is 6.10 Å². The van der Waals surface area contributed by atoms with E-state index in [0.717, 1.165) is 5.92 Å². The van der Waals surface area contributed by atoms with E-state index in [9.17, 15) is 5.11 Å². The topological polar surface area (TPSA) is 29.5 Å². The average molecular weight is 304 g/mol. The van der Waals surface area contributed by atoms with Crippen molar-refractivity contribution in [2.45, 2.75) is 28.7 Å². The van der Waals surface area contributed by atoms with Crippen LogP contribution in [-0.4, -0.2) is 27.3 Å². The lowest BCUT2D eigenvalue weighted by molar-refractivity contribution is 0.0523. The highest BCUT2D eigenvalue weighted by Gasteiger charge is 2.66. The van der Waals surface area contributed by atoms with Crippen LogP contribution in [0.4, 0.5) is 0 Å². The molecule has 0 aromatic carbocycles. The van der Waals surface area contributed by atoms with Gasteiger partial charge in [-0.1, -0.05) is 34.7 Å². The van der Waals surface area contributed by atoms with Crippen molar-refractivity contribution in [3.63, 3.8) is 0 Å². The van der Waals surface area contributed by atoms with Gasteiger partial charge in [-0.05, 0) is 30.1 Å². The average Bonchev–Trinajstić information content (AvgIpc) is 2.75. The fourth-order valence-electron chi connectivity index (χ4n) is 4.29. The molecule has 0 aromatic heterocycles. The van der Waals surface area contributed by atoms with Crippen LogP contribution in [0.25, 0.3) is 0 Å². The summed E-state index contributed by atoms with van der Waals surface area (Å²) in [5, 5.41) is 10.0. The van der Waals surface area contributed by atoms with Crippen molar-refractivity contribution in [3.8, 4) is 0 Å². The van der Waals surface area contributed by atoms with Crippen LogP contribution < -0.4 is 0 Å². The van der Waals surface area contributed by atoms with E-state index in [1.54, 1.807) is 0 Å². The molecule has 0 amide bonds. The molecule has 2 bridgehead atoms. The number of aliphatic hydroxyl groups excluding tert-OH is 1. The van der Waals surface area contributed by atoms with Crippen molar-refractivity contribution in [2.75, 3.05) is 0 Å². The number of fused-ring (bicyclic) bond motifs is 2. The number of halogens is 1. The highest BCUT2D eigenvalue weighted by molar-refractivity contribution is 14.1. The molecule has 4 rings (SSSR count). The first-order valence-corrected chi connectivity index (χ1v) is 6.68. The smallest absolute Gasteiger partial charge is 0.0796 e. The van der Waals surface area contributed by atoms with Crippen LogP contribution in [0.3, 0.4) is 0 Å². The van der Waals surface area contributed by atoms with Gasteiger partial charge >= 0.3 is 0 Å². The highest BCUT2D eigenvalue weighted by Crippen LogP contribution is 2.63. The van der Waals surface area contributed by atoms with Gasteiger partial charge in [-0.2, -0.15) is 0 Å². The van der Waals surface area contributed by atoms with Gasteiger partial charge in [0.2, 0.25) is 0 Å². The van der Waals surface area contributed by atoms with Crippen molar-refractivity contribution in [2.24, 2.45) is 23.7 Å². The summed E-state index contributed by atoms with van der Waals surface area (Å²) in [7, 11) is 0. The number of ether oxygens (including phenoxy) is 1. The van der Waals surface area contributed by atoms with Crippen molar-refractivity contribution >= 4 is 22.6 Å². The Balaban J connectivity index is 1.86. The molecule has 76 valence electrons. The molecule has 3 aliphatic carbocycles. The van der Waals surface area contributed by atoms with Gasteiger partial charge in [0.25, 0.3) is 0 Å². The van der Waals surface area contributed by atoms with E-state index in [4.69, 9.17) is 4.74 Å². The predicted octanol–water partition coefficient (Wildman–Crippen LogP) is 1.37. The summed E-state index contributed by atoms with van der Waals surface area (Å²) < 4.78 is 6.70. The zero-order valence-electron chi connectivity index (χ0n) is 7.71. The van der Waals surface area contributed by atoms with Crippen LogP contribution in [0.2, 0.25) is 0 Å². The van der Waals surface area contributed by atoms with Gasteiger partial charge in [-0.3, -0.25) is 0 Å². The lowest BCUT2D eigenvalue weighted by Crippen LogP contribution is -2.41. The van der Waals surface area contributed by atoms with Gasteiger partial charge < -0.3 is 9.84 Å². The van der Waals surface area contributed by atoms with Gasteiger partial charge in [0.15, 0.2) is 0 Å².